The highest BCUT2D eigenvalue weighted by molar-refractivity contribution is 7.98. The molecule has 0 saturated heterocycles. The van der Waals surface area contributed by atoms with Crippen molar-refractivity contribution in [1.82, 2.24) is 0 Å². The summed E-state index contributed by atoms with van der Waals surface area (Å²) in [4.78, 5) is 14.0. The smallest absolute Gasteiger partial charge is 0.255 e. The zero-order valence-corrected chi connectivity index (χ0v) is 17.9. The fourth-order valence-electron chi connectivity index (χ4n) is 2.94. The van der Waals surface area contributed by atoms with E-state index in [9.17, 15) is 4.79 Å². The van der Waals surface area contributed by atoms with Crippen molar-refractivity contribution in [1.29, 1.82) is 0 Å². The molecule has 150 valence electrons. The number of aryl methyl sites for hydroxylation is 2. The van der Waals surface area contributed by atoms with E-state index in [0.717, 1.165) is 16.9 Å². The molecule has 0 atom stereocenters. The van der Waals surface area contributed by atoms with Gasteiger partial charge in [0.05, 0.1) is 19.9 Å². The van der Waals surface area contributed by atoms with Crippen molar-refractivity contribution in [3.8, 4) is 11.5 Å². The van der Waals surface area contributed by atoms with Crippen molar-refractivity contribution >= 4 is 23.4 Å². The van der Waals surface area contributed by atoms with Crippen LogP contribution in [-0.4, -0.2) is 20.1 Å². The molecular formula is C24H25NO3S. The van der Waals surface area contributed by atoms with Gasteiger partial charge in [-0.3, -0.25) is 4.79 Å². The van der Waals surface area contributed by atoms with Crippen LogP contribution in [0.25, 0.3) is 0 Å². The van der Waals surface area contributed by atoms with E-state index < -0.39 is 0 Å². The SMILES string of the molecule is COc1ccc(C(=O)Nc2cc(C)ccc2OC)cc1CSc1ccc(C)cc1. The molecule has 0 unspecified atom stereocenters. The van der Waals surface area contributed by atoms with Crippen molar-refractivity contribution in [2.24, 2.45) is 0 Å². The number of methoxy groups -OCH3 is 2. The number of carbonyl (C=O) groups is 1. The van der Waals surface area contributed by atoms with E-state index in [1.54, 1.807) is 32.0 Å². The monoisotopic (exact) mass is 407 g/mol. The Morgan fingerprint density at radius 3 is 2.21 bits per heavy atom. The zero-order chi connectivity index (χ0) is 20.8. The first-order valence-corrected chi connectivity index (χ1v) is 10.3. The fourth-order valence-corrected chi connectivity index (χ4v) is 3.82. The Bertz CT molecular complexity index is 1000. The molecule has 0 aliphatic rings. The number of hydrogen-bond donors (Lipinski definition) is 1. The minimum Gasteiger partial charge on any atom is -0.496 e. The van der Waals surface area contributed by atoms with Crippen molar-refractivity contribution in [2.45, 2.75) is 24.5 Å². The van der Waals surface area contributed by atoms with E-state index in [1.807, 2.05) is 37.3 Å². The Morgan fingerprint density at radius 2 is 1.52 bits per heavy atom. The standard InChI is InChI=1S/C24H25NO3S/c1-16-5-9-20(10-6-16)29-15-19-14-18(8-12-22(19)27-3)24(26)25-21-13-17(2)7-11-23(21)28-4/h5-14H,15H2,1-4H3,(H,25,26). The van der Waals surface area contributed by atoms with E-state index in [1.165, 1.54) is 10.5 Å². The average Bonchev–Trinajstić information content (AvgIpc) is 2.73. The topological polar surface area (TPSA) is 47.6 Å². The summed E-state index contributed by atoms with van der Waals surface area (Å²) >= 11 is 1.71. The number of amides is 1. The molecular weight excluding hydrogens is 382 g/mol. The van der Waals surface area contributed by atoms with Crippen LogP contribution in [0, 0.1) is 13.8 Å². The van der Waals surface area contributed by atoms with Crippen LogP contribution in [0.5, 0.6) is 11.5 Å². The lowest BCUT2D eigenvalue weighted by atomic mass is 10.1. The lowest BCUT2D eigenvalue weighted by molar-refractivity contribution is 0.102. The molecule has 29 heavy (non-hydrogen) atoms. The number of ether oxygens (including phenoxy) is 2. The molecule has 1 amide bonds. The molecule has 0 fully saturated rings. The highest BCUT2D eigenvalue weighted by atomic mass is 32.2. The highest BCUT2D eigenvalue weighted by Crippen LogP contribution is 2.30. The molecule has 1 N–H and O–H groups in total. The number of hydrogen-bond acceptors (Lipinski definition) is 4. The first-order valence-electron chi connectivity index (χ1n) is 9.32. The van der Waals surface area contributed by atoms with Gasteiger partial charge in [-0.25, -0.2) is 0 Å². The number of benzene rings is 3. The Balaban J connectivity index is 1.79. The van der Waals surface area contributed by atoms with Crippen LogP contribution < -0.4 is 14.8 Å². The van der Waals surface area contributed by atoms with Crippen LogP contribution in [0.1, 0.15) is 27.0 Å². The second-order valence-electron chi connectivity index (χ2n) is 6.79. The second-order valence-corrected chi connectivity index (χ2v) is 7.83. The van der Waals surface area contributed by atoms with Crippen LogP contribution in [0.2, 0.25) is 0 Å². The number of anilines is 1. The summed E-state index contributed by atoms with van der Waals surface area (Å²) in [5.41, 5.74) is 4.49. The lowest BCUT2D eigenvalue weighted by Gasteiger charge is -2.13. The van der Waals surface area contributed by atoms with Gasteiger partial charge in [0, 0.05) is 21.8 Å². The van der Waals surface area contributed by atoms with Crippen molar-refractivity contribution in [3.63, 3.8) is 0 Å². The predicted octanol–water partition coefficient (Wildman–Crippen LogP) is 5.87. The Kier molecular flexibility index (Phi) is 6.83. The van der Waals surface area contributed by atoms with Gasteiger partial charge in [0.1, 0.15) is 11.5 Å². The quantitative estimate of drug-likeness (QED) is 0.498. The van der Waals surface area contributed by atoms with Gasteiger partial charge in [-0.1, -0.05) is 23.8 Å². The Morgan fingerprint density at radius 1 is 0.862 bits per heavy atom. The summed E-state index contributed by atoms with van der Waals surface area (Å²) in [6, 6.07) is 19.6. The number of nitrogens with one attached hydrogen (secondary N) is 1. The first-order chi connectivity index (χ1) is 14.0. The van der Waals surface area contributed by atoms with Crippen LogP contribution in [-0.2, 0) is 5.75 Å². The fraction of sp³-hybridized carbons (Fsp3) is 0.208. The second kappa shape index (κ2) is 9.52. The van der Waals surface area contributed by atoms with Crippen LogP contribution >= 0.6 is 11.8 Å². The van der Waals surface area contributed by atoms with Gasteiger partial charge < -0.3 is 14.8 Å². The van der Waals surface area contributed by atoms with Gasteiger partial charge in [0.25, 0.3) is 5.91 Å². The van der Waals surface area contributed by atoms with E-state index in [2.05, 4.69) is 36.5 Å². The largest absolute Gasteiger partial charge is 0.496 e. The molecule has 0 aromatic heterocycles. The van der Waals surface area contributed by atoms with Crippen molar-refractivity contribution < 1.29 is 14.3 Å². The molecule has 0 radical (unpaired) electrons. The van der Waals surface area contributed by atoms with Gasteiger partial charge in [0.2, 0.25) is 0 Å². The molecule has 0 spiro atoms. The summed E-state index contributed by atoms with van der Waals surface area (Å²) in [7, 11) is 3.24. The van der Waals surface area contributed by atoms with Crippen molar-refractivity contribution in [3.05, 3.63) is 82.9 Å². The van der Waals surface area contributed by atoms with Crippen molar-refractivity contribution in [2.75, 3.05) is 19.5 Å². The van der Waals surface area contributed by atoms with E-state index in [-0.39, 0.29) is 5.91 Å². The maximum Gasteiger partial charge on any atom is 0.255 e. The number of carbonyl (C=O) groups excluding carboxylic acids is 1. The van der Waals surface area contributed by atoms with Gasteiger partial charge >= 0.3 is 0 Å². The summed E-state index contributed by atoms with van der Waals surface area (Å²) in [5, 5.41) is 2.95. The summed E-state index contributed by atoms with van der Waals surface area (Å²) in [6.07, 6.45) is 0. The van der Waals surface area contributed by atoms with Crippen LogP contribution in [0.3, 0.4) is 0 Å². The number of thioether (sulfide) groups is 1. The zero-order valence-electron chi connectivity index (χ0n) is 17.1. The third-order valence-corrected chi connectivity index (χ3v) is 5.62. The normalized spacial score (nSPS) is 10.5. The van der Waals surface area contributed by atoms with Crippen LogP contribution in [0.4, 0.5) is 5.69 Å². The van der Waals surface area contributed by atoms with E-state index in [0.29, 0.717) is 22.8 Å². The highest BCUT2D eigenvalue weighted by Gasteiger charge is 2.13. The van der Waals surface area contributed by atoms with Gasteiger partial charge in [-0.2, -0.15) is 0 Å². The molecule has 0 aliphatic heterocycles. The van der Waals surface area contributed by atoms with Gasteiger partial charge in [0.15, 0.2) is 0 Å². The summed E-state index contributed by atoms with van der Waals surface area (Å²) in [6.45, 7) is 4.05. The molecule has 4 nitrogen and oxygen atoms in total. The maximum absolute atomic E-state index is 12.8. The lowest BCUT2D eigenvalue weighted by Crippen LogP contribution is -2.13. The average molecular weight is 408 g/mol. The van der Waals surface area contributed by atoms with E-state index in [4.69, 9.17) is 9.47 Å². The van der Waals surface area contributed by atoms with Gasteiger partial charge in [-0.05, 0) is 61.9 Å². The molecule has 3 aromatic rings. The summed E-state index contributed by atoms with van der Waals surface area (Å²) in [5.74, 6) is 1.93. The third kappa shape index (κ3) is 5.33. The Hall–Kier alpha value is -2.92. The third-order valence-electron chi connectivity index (χ3n) is 4.56. The molecule has 0 aliphatic carbocycles. The molecule has 0 heterocycles. The number of rotatable bonds is 7. The minimum absolute atomic E-state index is 0.182. The molecule has 0 bridgehead atoms. The van der Waals surface area contributed by atoms with Crippen LogP contribution in [0.15, 0.2) is 65.6 Å². The summed E-state index contributed by atoms with van der Waals surface area (Å²) < 4.78 is 10.8. The Labute approximate surface area is 176 Å². The molecule has 3 aromatic carbocycles. The molecule has 0 saturated carbocycles. The van der Waals surface area contributed by atoms with Gasteiger partial charge in [-0.15, -0.1) is 11.8 Å². The predicted molar refractivity (Wildman–Crippen MR) is 119 cm³/mol. The maximum atomic E-state index is 12.8. The minimum atomic E-state index is -0.182. The molecule has 5 heteroatoms. The van der Waals surface area contributed by atoms with E-state index >= 15 is 0 Å². The molecule has 3 rings (SSSR count). The first kappa shape index (κ1) is 20.8.